The van der Waals surface area contributed by atoms with Crippen molar-refractivity contribution >= 4 is 46.5 Å². The number of aromatic amines is 1. The summed E-state index contributed by atoms with van der Waals surface area (Å²) in [6.07, 6.45) is 1.07. The van der Waals surface area contributed by atoms with Crippen LogP contribution in [0.1, 0.15) is 44.1 Å². The van der Waals surface area contributed by atoms with Crippen LogP contribution < -0.4 is 27.4 Å². The predicted octanol–water partition coefficient (Wildman–Crippen LogP) is -0.955. The highest BCUT2D eigenvalue weighted by Crippen LogP contribution is 2.19. The summed E-state index contributed by atoms with van der Waals surface area (Å²) >= 11 is 0. The Kier molecular flexibility index (Phi) is 12.7. The number of para-hydroxylation sites is 1. The highest BCUT2D eigenvalue weighted by Gasteiger charge is 2.32. The SMILES string of the molecule is NCCCCC(NC(=O)C(Cc1c[nH]c2ccccc12)NC(=O)C(CC(=O)O)NC(=O)C(N)CCC(=O)O)C(=O)O. The molecule has 11 N–H and O–H groups in total. The molecule has 0 aliphatic rings. The molecule has 2 aromatic rings. The molecule has 0 saturated heterocycles. The van der Waals surface area contributed by atoms with E-state index in [9.17, 15) is 39.0 Å². The minimum Gasteiger partial charge on any atom is -0.481 e. The number of fused-ring (bicyclic) bond motifs is 1. The Morgan fingerprint density at radius 3 is 2.07 bits per heavy atom. The molecule has 0 radical (unpaired) electrons. The van der Waals surface area contributed by atoms with Gasteiger partial charge in [-0.15, -0.1) is 0 Å². The number of carbonyl (C=O) groups excluding carboxylic acids is 3. The standard InChI is InChI=1S/C26H36N6O9/c27-10-4-3-7-18(26(40)41)30-24(38)19(11-14-13-29-17-6-2-1-5-15(14)17)32-25(39)20(12-22(35)36)31-23(37)16(28)8-9-21(33)34/h1-2,5-6,13,16,18-20,29H,3-4,7-12,27-28H2,(H,30,38)(H,31,37)(H,32,39)(H,33,34)(H,35,36)(H,40,41). The van der Waals surface area contributed by atoms with E-state index >= 15 is 0 Å². The number of amides is 3. The average Bonchev–Trinajstić information content (AvgIpc) is 3.32. The fraction of sp³-hybridized carbons (Fsp3) is 0.462. The van der Waals surface area contributed by atoms with Gasteiger partial charge in [0.15, 0.2) is 0 Å². The number of hydrogen-bond donors (Lipinski definition) is 9. The third-order valence-corrected chi connectivity index (χ3v) is 6.31. The normalized spacial score (nSPS) is 13.9. The zero-order valence-electron chi connectivity index (χ0n) is 22.3. The molecule has 0 fully saturated rings. The Morgan fingerprint density at radius 2 is 1.44 bits per heavy atom. The maximum Gasteiger partial charge on any atom is 0.326 e. The summed E-state index contributed by atoms with van der Waals surface area (Å²) in [5, 5.41) is 35.5. The van der Waals surface area contributed by atoms with Crippen LogP contribution in [-0.4, -0.2) is 86.6 Å². The van der Waals surface area contributed by atoms with Crippen molar-refractivity contribution < 1.29 is 44.1 Å². The third-order valence-electron chi connectivity index (χ3n) is 6.31. The minimum absolute atomic E-state index is 0.0947. The van der Waals surface area contributed by atoms with Gasteiger partial charge in [-0.2, -0.15) is 0 Å². The molecule has 2 rings (SSSR count). The molecule has 15 nitrogen and oxygen atoms in total. The first kappa shape index (κ1) is 32.7. The van der Waals surface area contributed by atoms with Crippen LogP contribution in [0.15, 0.2) is 30.5 Å². The zero-order chi connectivity index (χ0) is 30.5. The lowest BCUT2D eigenvalue weighted by molar-refractivity contribution is -0.143. The number of carboxylic acids is 3. The van der Waals surface area contributed by atoms with Crippen molar-refractivity contribution in [1.82, 2.24) is 20.9 Å². The van der Waals surface area contributed by atoms with E-state index in [1.165, 1.54) is 0 Å². The molecule has 1 aromatic carbocycles. The highest BCUT2D eigenvalue weighted by atomic mass is 16.4. The number of nitrogens with one attached hydrogen (secondary N) is 4. The molecule has 0 aliphatic carbocycles. The summed E-state index contributed by atoms with van der Waals surface area (Å²) in [4.78, 5) is 76.0. The van der Waals surface area contributed by atoms with Crippen molar-refractivity contribution in [1.29, 1.82) is 0 Å². The lowest BCUT2D eigenvalue weighted by Gasteiger charge is -2.24. The lowest BCUT2D eigenvalue weighted by Crippen LogP contribution is -2.58. The van der Waals surface area contributed by atoms with Crippen LogP contribution in [-0.2, 0) is 35.2 Å². The summed E-state index contributed by atoms with van der Waals surface area (Å²) < 4.78 is 0. The quantitative estimate of drug-likeness (QED) is 0.0976. The first-order valence-electron chi connectivity index (χ1n) is 13.0. The number of benzene rings is 1. The number of nitrogens with two attached hydrogens (primary N) is 2. The number of aliphatic carboxylic acids is 3. The van der Waals surface area contributed by atoms with E-state index in [0.717, 1.165) is 10.9 Å². The fourth-order valence-electron chi connectivity index (χ4n) is 4.10. The number of hydrogen-bond acceptors (Lipinski definition) is 8. The molecule has 4 unspecified atom stereocenters. The number of aromatic nitrogens is 1. The van der Waals surface area contributed by atoms with Gasteiger partial charge in [-0.3, -0.25) is 24.0 Å². The number of unbranched alkanes of at least 4 members (excludes halogenated alkanes) is 1. The molecular formula is C26H36N6O9. The third kappa shape index (κ3) is 10.5. The second kappa shape index (κ2) is 15.9. The molecule has 0 saturated carbocycles. The van der Waals surface area contributed by atoms with E-state index < -0.39 is 72.6 Å². The fourth-order valence-corrected chi connectivity index (χ4v) is 4.10. The van der Waals surface area contributed by atoms with Crippen molar-refractivity contribution in [2.75, 3.05) is 6.54 Å². The lowest BCUT2D eigenvalue weighted by atomic mass is 10.0. The summed E-state index contributed by atoms with van der Waals surface area (Å²) in [6.45, 7) is 0.343. The smallest absolute Gasteiger partial charge is 0.326 e. The molecule has 3 amide bonds. The second-order valence-corrected chi connectivity index (χ2v) is 9.51. The van der Waals surface area contributed by atoms with Gasteiger partial charge in [-0.1, -0.05) is 18.2 Å². The van der Waals surface area contributed by atoms with Gasteiger partial charge in [-0.25, -0.2) is 4.79 Å². The Bertz CT molecular complexity index is 1250. The van der Waals surface area contributed by atoms with Crippen LogP contribution in [0.5, 0.6) is 0 Å². The summed E-state index contributed by atoms with van der Waals surface area (Å²) in [7, 11) is 0. The molecule has 0 spiro atoms. The van der Waals surface area contributed by atoms with E-state index in [1.54, 1.807) is 30.5 Å². The molecule has 224 valence electrons. The van der Waals surface area contributed by atoms with E-state index in [4.69, 9.17) is 16.6 Å². The minimum atomic E-state index is -1.66. The van der Waals surface area contributed by atoms with Crippen molar-refractivity contribution in [3.05, 3.63) is 36.0 Å². The van der Waals surface area contributed by atoms with Crippen LogP contribution in [0.25, 0.3) is 10.9 Å². The van der Waals surface area contributed by atoms with Gasteiger partial charge in [0.05, 0.1) is 12.5 Å². The van der Waals surface area contributed by atoms with Gasteiger partial charge in [0, 0.05) is 29.9 Å². The number of carboxylic acid groups (broad SMARTS) is 3. The monoisotopic (exact) mass is 576 g/mol. The Morgan fingerprint density at radius 1 is 0.805 bits per heavy atom. The van der Waals surface area contributed by atoms with Gasteiger partial charge in [0.2, 0.25) is 17.7 Å². The summed E-state index contributed by atoms with van der Waals surface area (Å²) in [5.41, 5.74) is 12.5. The van der Waals surface area contributed by atoms with Gasteiger partial charge >= 0.3 is 17.9 Å². The van der Waals surface area contributed by atoms with Gasteiger partial charge < -0.3 is 47.7 Å². The maximum atomic E-state index is 13.3. The zero-order valence-corrected chi connectivity index (χ0v) is 22.3. The summed E-state index contributed by atoms with van der Waals surface area (Å²) in [5.74, 6) is -6.71. The van der Waals surface area contributed by atoms with E-state index in [2.05, 4.69) is 20.9 Å². The van der Waals surface area contributed by atoms with E-state index in [-0.39, 0.29) is 19.3 Å². The Hall–Kier alpha value is -4.50. The Labute approximate surface area is 235 Å². The first-order valence-corrected chi connectivity index (χ1v) is 13.0. The molecule has 41 heavy (non-hydrogen) atoms. The molecule has 1 aromatic heterocycles. The summed E-state index contributed by atoms with van der Waals surface area (Å²) in [6, 6.07) is 1.56. The maximum absolute atomic E-state index is 13.3. The molecular weight excluding hydrogens is 540 g/mol. The largest absolute Gasteiger partial charge is 0.481 e. The van der Waals surface area contributed by atoms with Crippen LogP contribution in [0.2, 0.25) is 0 Å². The van der Waals surface area contributed by atoms with E-state index in [1.807, 2.05) is 0 Å². The second-order valence-electron chi connectivity index (χ2n) is 9.51. The topological polar surface area (TPSA) is 267 Å². The van der Waals surface area contributed by atoms with Crippen LogP contribution in [0.4, 0.5) is 0 Å². The number of rotatable bonds is 18. The van der Waals surface area contributed by atoms with Crippen molar-refractivity contribution in [2.24, 2.45) is 11.5 Å². The number of carbonyl (C=O) groups is 6. The molecule has 1 heterocycles. The van der Waals surface area contributed by atoms with Gasteiger partial charge in [0.25, 0.3) is 0 Å². The van der Waals surface area contributed by atoms with Crippen LogP contribution in [0.3, 0.4) is 0 Å². The highest BCUT2D eigenvalue weighted by molar-refractivity contribution is 5.96. The van der Waals surface area contributed by atoms with Crippen molar-refractivity contribution in [3.63, 3.8) is 0 Å². The average molecular weight is 577 g/mol. The van der Waals surface area contributed by atoms with Crippen molar-refractivity contribution in [3.8, 4) is 0 Å². The predicted molar refractivity (Wildman–Crippen MR) is 145 cm³/mol. The molecule has 15 heteroatoms. The molecule has 0 bridgehead atoms. The molecule has 4 atom stereocenters. The van der Waals surface area contributed by atoms with Gasteiger partial charge in [-0.05, 0) is 43.9 Å². The number of H-pyrrole nitrogens is 1. The van der Waals surface area contributed by atoms with Gasteiger partial charge in [0.1, 0.15) is 18.1 Å². The first-order chi connectivity index (χ1) is 19.4. The van der Waals surface area contributed by atoms with Crippen molar-refractivity contribution in [2.45, 2.75) is 69.1 Å². The van der Waals surface area contributed by atoms with E-state index in [0.29, 0.717) is 24.9 Å². The van der Waals surface area contributed by atoms with Crippen LogP contribution >= 0.6 is 0 Å². The molecule has 0 aliphatic heterocycles. The Balaban J connectivity index is 2.29. The van der Waals surface area contributed by atoms with Crippen LogP contribution in [0, 0.1) is 0 Å².